The lowest BCUT2D eigenvalue weighted by Gasteiger charge is -1.99. The van der Waals surface area contributed by atoms with E-state index in [1.807, 2.05) is 19.1 Å². The minimum atomic E-state index is -1.17. The number of carbonyl (C=O) groups is 2. The maximum Gasteiger partial charge on any atom is 0.505 e. The molecule has 0 aliphatic carbocycles. The van der Waals surface area contributed by atoms with Crippen molar-refractivity contribution >= 4 is 17.9 Å². The second-order valence-electron chi connectivity index (χ2n) is 4.47. The first-order valence-electron chi connectivity index (χ1n) is 6.88. The normalized spacial score (nSPS) is 9.24. The first-order valence-corrected chi connectivity index (χ1v) is 6.88. The van der Waals surface area contributed by atoms with Gasteiger partial charge in [0.25, 0.3) is 0 Å². The van der Waals surface area contributed by atoms with E-state index >= 15 is 0 Å². The van der Waals surface area contributed by atoms with Crippen molar-refractivity contribution in [2.75, 3.05) is 11.9 Å². The molecule has 0 atom stereocenters. The van der Waals surface area contributed by atoms with Crippen molar-refractivity contribution in [3.63, 3.8) is 0 Å². The molecule has 0 aliphatic rings. The number of benzene rings is 1. The molecule has 0 heterocycles. The van der Waals surface area contributed by atoms with Crippen molar-refractivity contribution in [2.24, 2.45) is 0 Å². The molecule has 0 unspecified atom stereocenters. The Morgan fingerprint density at radius 3 is 2.19 bits per heavy atom. The first kappa shape index (κ1) is 18.8. The zero-order valence-corrected chi connectivity index (χ0v) is 12.5. The molecule has 6 heteroatoms. The second kappa shape index (κ2) is 11.6. The molecule has 1 amide bonds. The molecule has 0 aromatic heterocycles. The van der Waals surface area contributed by atoms with Crippen LogP contribution in [0.1, 0.15) is 38.2 Å². The number of rotatable bonds is 6. The molecular formula is C15H23NO5. The summed E-state index contributed by atoms with van der Waals surface area (Å²) in [6, 6.07) is 7.16. The summed E-state index contributed by atoms with van der Waals surface area (Å²) in [4.78, 5) is 20.0. The van der Waals surface area contributed by atoms with E-state index in [2.05, 4.69) is 17.0 Å². The van der Waals surface area contributed by atoms with Gasteiger partial charge in [-0.2, -0.15) is 0 Å². The van der Waals surface area contributed by atoms with Gasteiger partial charge in [-0.25, -0.2) is 9.59 Å². The van der Waals surface area contributed by atoms with Gasteiger partial charge in [-0.3, -0.25) is 5.32 Å². The predicted octanol–water partition coefficient (Wildman–Crippen LogP) is 4.35. The van der Waals surface area contributed by atoms with Gasteiger partial charge in [0.15, 0.2) is 0 Å². The Morgan fingerprint density at radius 2 is 1.71 bits per heavy atom. The largest absolute Gasteiger partial charge is 0.505 e. The SMILES string of the molecule is CCCCCCOC(=O)O.Cc1ccc(NC(=O)O)cc1. The molecule has 0 fully saturated rings. The molecular weight excluding hydrogens is 274 g/mol. The van der Waals surface area contributed by atoms with Crippen LogP contribution in [-0.4, -0.2) is 29.1 Å². The number of amides is 1. The van der Waals surface area contributed by atoms with Gasteiger partial charge in [-0.05, 0) is 25.5 Å². The summed E-state index contributed by atoms with van der Waals surface area (Å²) in [5.74, 6) is 0. The van der Waals surface area contributed by atoms with Crippen LogP contribution in [0.5, 0.6) is 0 Å². The molecule has 1 aromatic rings. The van der Waals surface area contributed by atoms with E-state index in [0.717, 1.165) is 31.2 Å². The Labute approximate surface area is 124 Å². The van der Waals surface area contributed by atoms with Crippen LogP contribution in [0.25, 0.3) is 0 Å². The molecule has 1 rings (SSSR count). The van der Waals surface area contributed by atoms with Crippen molar-refractivity contribution in [1.29, 1.82) is 0 Å². The third-order valence-corrected chi connectivity index (χ3v) is 2.53. The Bertz CT molecular complexity index is 417. The Balaban J connectivity index is 0.000000384. The van der Waals surface area contributed by atoms with Gasteiger partial charge in [-0.15, -0.1) is 0 Å². The van der Waals surface area contributed by atoms with E-state index in [1.54, 1.807) is 12.1 Å². The minimum absolute atomic E-state index is 0.343. The summed E-state index contributed by atoms with van der Waals surface area (Å²) in [5, 5.41) is 18.6. The van der Waals surface area contributed by atoms with Crippen LogP contribution >= 0.6 is 0 Å². The van der Waals surface area contributed by atoms with E-state index in [9.17, 15) is 9.59 Å². The summed E-state index contributed by atoms with van der Waals surface area (Å²) in [6.45, 7) is 4.40. The summed E-state index contributed by atoms with van der Waals surface area (Å²) >= 11 is 0. The number of carboxylic acid groups (broad SMARTS) is 2. The van der Waals surface area contributed by atoms with Crippen molar-refractivity contribution in [2.45, 2.75) is 39.5 Å². The van der Waals surface area contributed by atoms with Crippen molar-refractivity contribution in [1.82, 2.24) is 0 Å². The lowest BCUT2D eigenvalue weighted by molar-refractivity contribution is 0.0900. The minimum Gasteiger partial charge on any atom is -0.465 e. The van der Waals surface area contributed by atoms with Gasteiger partial charge in [0.05, 0.1) is 6.61 Å². The predicted molar refractivity (Wildman–Crippen MR) is 80.9 cm³/mol. The number of unbranched alkanes of at least 4 members (excludes halogenated alkanes) is 3. The molecule has 0 saturated heterocycles. The summed E-state index contributed by atoms with van der Waals surface area (Å²) in [7, 11) is 0. The third kappa shape index (κ3) is 12.5. The standard InChI is InChI=1S/C8H9NO2.C7H14O3/c1-6-2-4-7(5-3-6)9-8(10)11;1-2-3-4-5-6-10-7(8)9/h2-5,9H,1H3,(H,10,11);2-6H2,1H3,(H,8,9). The van der Waals surface area contributed by atoms with E-state index in [4.69, 9.17) is 10.2 Å². The number of anilines is 1. The van der Waals surface area contributed by atoms with E-state index < -0.39 is 12.2 Å². The van der Waals surface area contributed by atoms with E-state index in [-0.39, 0.29) is 0 Å². The lowest BCUT2D eigenvalue weighted by atomic mass is 10.2. The van der Waals surface area contributed by atoms with E-state index in [1.165, 1.54) is 0 Å². The fourth-order valence-corrected chi connectivity index (χ4v) is 1.45. The number of hydrogen-bond donors (Lipinski definition) is 3. The number of nitrogens with one attached hydrogen (secondary N) is 1. The van der Waals surface area contributed by atoms with Gasteiger partial charge in [0.1, 0.15) is 0 Å². The third-order valence-electron chi connectivity index (χ3n) is 2.53. The lowest BCUT2D eigenvalue weighted by Crippen LogP contribution is -2.06. The molecule has 1 aromatic carbocycles. The van der Waals surface area contributed by atoms with Gasteiger partial charge >= 0.3 is 12.2 Å². The highest BCUT2D eigenvalue weighted by atomic mass is 16.7. The summed E-state index contributed by atoms with van der Waals surface area (Å²) < 4.78 is 4.31. The van der Waals surface area contributed by atoms with Crippen molar-refractivity contribution in [3.05, 3.63) is 29.8 Å². The van der Waals surface area contributed by atoms with Gasteiger partial charge in [0.2, 0.25) is 0 Å². The highest BCUT2D eigenvalue weighted by molar-refractivity contribution is 5.82. The Kier molecular flexibility index (Phi) is 10.3. The van der Waals surface area contributed by atoms with Crippen LogP contribution in [-0.2, 0) is 4.74 Å². The monoisotopic (exact) mass is 297 g/mol. The molecule has 118 valence electrons. The number of hydrogen-bond acceptors (Lipinski definition) is 3. The fourth-order valence-electron chi connectivity index (χ4n) is 1.45. The summed E-state index contributed by atoms with van der Waals surface area (Å²) in [5.41, 5.74) is 1.71. The average molecular weight is 297 g/mol. The van der Waals surface area contributed by atoms with Crippen LogP contribution in [0, 0.1) is 6.92 Å². The fraction of sp³-hybridized carbons (Fsp3) is 0.467. The smallest absolute Gasteiger partial charge is 0.465 e. The maximum atomic E-state index is 10.1. The molecule has 0 saturated carbocycles. The quantitative estimate of drug-likeness (QED) is 0.536. The van der Waals surface area contributed by atoms with Crippen LogP contribution < -0.4 is 5.32 Å². The van der Waals surface area contributed by atoms with Crippen LogP contribution in [0.2, 0.25) is 0 Å². The topological polar surface area (TPSA) is 95.9 Å². The second-order valence-corrected chi connectivity index (χ2v) is 4.47. The first-order chi connectivity index (χ1) is 9.95. The van der Waals surface area contributed by atoms with Gasteiger partial charge < -0.3 is 14.9 Å². The zero-order chi connectivity index (χ0) is 16.1. The van der Waals surface area contributed by atoms with Gasteiger partial charge in [-0.1, -0.05) is 43.9 Å². The van der Waals surface area contributed by atoms with Crippen molar-refractivity contribution in [3.8, 4) is 0 Å². The number of ether oxygens (including phenoxy) is 1. The van der Waals surface area contributed by atoms with Gasteiger partial charge in [0, 0.05) is 5.69 Å². The highest BCUT2D eigenvalue weighted by Gasteiger charge is 1.95. The maximum absolute atomic E-state index is 10.1. The Hall–Kier alpha value is -2.24. The average Bonchev–Trinajstić information content (AvgIpc) is 2.41. The molecule has 3 N–H and O–H groups in total. The van der Waals surface area contributed by atoms with Crippen LogP contribution in [0.4, 0.5) is 15.3 Å². The molecule has 0 radical (unpaired) electrons. The highest BCUT2D eigenvalue weighted by Crippen LogP contribution is 2.07. The number of aryl methyl sites for hydroxylation is 1. The summed E-state index contributed by atoms with van der Waals surface area (Å²) in [6.07, 6.45) is 2.02. The molecule has 21 heavy (non-hydrogen) atoms. The Morgan fingerprint density at radius 1 is 1.10 bits per heavy atom. The van der Waals surface area contributed by atoms with Crippen LogP contribution in [0.3, 0.4) is 0 Å². The molecule has 0 aliphatic heterocycles. The van der Waals surface area contributed by atoms with E-state index in [0.29, 0.717) is 12.3 Å². The van der Waals surface area contributed by atoms with Crippen molar-refractivity contribution < 1.29 is 24.5 Å². The molecule has 6 nitrogen and oxygen atoms in total. The molecule has 0 spiro atoms. The molecule has 0 bridgehead atoms. The zero-order valence-electron chi connectivity index (χ0n) is 12.5. The van der Waals surface area contributed by atoms with Crippen LogP contribution in [0.15, 0.2) is 24.3 Å².